The molecule has 14 heteroatoms. The molecule has 39 heavy (non-hydrogen) atoms. The van der Waals surface area contributed by atoms with Gasteiger partial charge in [0.05, 0.1) is 0 Å². The Hall–Kier alpha value is -3.68. The molecular weight excluding hydrogens is 536 g/mol. The monoisotopic (exact) mass is 563 g/mol. The van der Waals surface area contributed by atoms with E-state index in [1.165, 1.54) is 31.4 Å². The zero-order valence-electron chi connectivity index (χ0n) is 20.4. The zero-order valence-corrected chi connectivity index (χ0v) is 20.4. The SMILES string of the molecule is O=C(NCCc1ccccn1)c1ccc(C2CC2NCC2CC2)cc1.O=C(O)C(F)(F)F.O=C(O)C(F)(F)F. The average Bonchev–Trinajstić information content (AvgIpc) is 3.79. The second-order valence-corrected chi connectivity index (χ2v) is 8.86. The summed E-state index contributed by atoms with van der Waals surface area (Å²) < 4.78 is 63.5. The van der Waals surface area contributed by atoms with Crippen LogP contribution in [0.1, 0.15) is 46.8 Å². The first-order valence-corrected chi connectivity index (χ1v) is 11.8. The molecule has 8 nitrogen and oxygen atoms in total. The molecule has 2 saturated carbocycles. The van der Waals surface area contributed by atoms with E-state index in [0.29, 0.717) is 18.5 Å². The average molecular weight is 563 g/mol. The number of carboxylic acid groups (broad SMARTS) is 2. The number of amides is 1. The predicted molar refractivity (Wildman–Crippen MR) is 126 cm³/mol. The Morgan fingerprint density at radius 1 is 0.897 bits per heavy atom. The highest BCUT2D eigenvalue weighted by molar-refractivity contribution is 5.94. The lowest BCUT2D eigenvalue weighted by molar-refractivity contribution is -0.193. The van der Waals surface area contributed by atoms with Crippen molar-refractivity contribution in [1.82, 2.24) is 15.6 Å². The van der Waals surface area contributed by atoms with Crippen LogP contribution >= 0.6 is 0 Å². The number of nitrogens with zero attached hydrogens (tertiary/aromatic N) is 1. The number of pyridine rings is 1. The molecular formula is C25H27F6N3O5. The van der Waals surface area contributed by atoms with E-state index in [1.807, 2.05) is 30.3 Å². The molecule has 2 atom stereocenters. The number of nitrogens with one attached hydrogen (secondary N) is 2. The summed E-state index contributed by atoms with van der Waals surface area (Å²) in [4.78, 5) is 34.3. The van der Waals surface area contributed by atoms with Crippen molar-refractivity contribution in [3.63, 3.8) is 0 Å². The lowest BCUT2D eigenvalue weighted by Crippen LogP contribution is -2.25. The molecule has 1 heterocycles. The molecule has 4 N–H and O–H groups in total. The summed E-state index contributed by atoms with van der Waals surface area (Å²) in [5, 5.41) is 20.9. The minimum absolute atomic E-state index is 0.0123. The van der Waals surface area contributed by atoms with Gasteiger partial charge >= 0.3 is 24.3 Å². The van der Waals surface area contributed by atoms with Crippen molar-refractivity contribution in [2.24, 2.45) is 5.92 Å². The van der Waals surface area contributed by atoms with Gasteiger partial charge in [0.15, 0.2) is 0 Å². The molecule has 2 aromatic rings. The van der Waals surface area contributed by atoms with Crippen LogP contribution in [0.15, 0.2) is 48.7 Å². The van der Waals surface area contributed by atoms with Crippen LogP contribution in [0.3, 0.4) is 0 Å². The normalized spacial score (nSPS) is 18.0. The van der Waals surface area contributed by atoms with Crippen molar-refractivity contribution in [2.45, 2.75) is 50.0 Å². The molecule has 2 fully saturated rings. The van der Waals surface area contributed by atoms with Gasteiger partial charge in [0.25, 0.3) is 5.91 Å². The Bertz CT molecular complexity index is 1070. The summed E-state index contributed by atoms with van der Waals surface area (Å²) in [5.41, 5.74) is 3.07. The Kier molecular flexibility index (Phi) is 11.3. The largest absolute Gasteiger partial charge is 0.490 e. The maximum Gasteiger partial charge on any atom is 0.490 e. The molecule has 4 rings (SSSR count). The lowest BCUT2D eigenvalue weighted by atomic mass is 10.1. The topological polar surface area (TPSA) is 129 Å². The first-order valence-electron chi connectivity index (χ1n) is 11.8. The molecule has 0 saturated heterocycles. The van der Waals surface area contributed by atoms with Gasteiger partial charge in [-0.1, -0.05) is 18.2 Å². The van der Waals surface area contributed by atoms with Crippen molar-refractivity contribution in [2.75, 3.05) is 13.1 Å². The van der Waals surface area contributed by atoms with Gasteiger partial charge in [-0.05, 0) is 61.6 Å². The van der Waals surface area contributed by atoms with Crippen molar-refractivity contribution in [3.05, 3.63) is 65.5 Å². The van der Waals surface area contributed by atoms with Crippen LogP contribution < -0.4 is 10.6 Å². The van der Waals surface area contributed by atoms with E-state index >= 15 is 0 Å². The van der Waals surface area contributed by atoms with Crippen LogP contribution in [0.5, 0.6) is 0 Å². The van der Waals surface area contributed by atoms with Gasteiger partial charge in [-0.2, -0.15) is 26.3 Å². The fourth-order valence-corrected chi connectivity index (χ4v) is 3.26. The maximum atomic E-state index is 12.2. The number of hydrogen-bond acceptors (Lipinski definition) is 5. The molecule has 0 bridgehead atoms. The van der Waals surface area contributed by atoms with Crippen molar-refractivity contribution in [3.8, 4) is 0 Å². The third-order valence-corrected chi connectivity index (χ3v) is 5.63. The summed E-state index contributed by atoms with van der Waals surface area (Å²) >= 11 is 0. The Morgan fingerprint density at radius 2 is 1.46 bits per heavy atom. The van der Waals surface area contributed by atoms with Crippen LogP contribution in [0.2, 0.25) is 0 Å². The highest BCUT2D eigenvalue weighted by atomic mass is 19.4. The second kappa shape index (κ2) is 13.9. The number of benzene rings is 1. The van der Waals surface area contributed by atoms with E-state index in [4.69, 9.17) is 19.8 Å². The first-order chi connectivity index (χ1) is 18.2. The van der Waals surface area contributed by atoms with Gasteiger partial charge in [0.1, 0.15) is 0 Å². The third kappa shape index (κ3) is 12.1. The number of halogens is 6. The van der Waals surface area contributed by atoms with Crippen LogP contribution in [0.25, 0.3) is 0 Å². The standard InChI is InChI=1S/C21H25N3O.2C2HF3O2/c25-21(23-12-10-18-3-1-2-11-22-18)17-8-6-16(7-9-17)19-13-20(19)24-14-15-4-5-15;2*3-2(4,5)1(6)7/h1-3,6-9,11,15,19-20,24H,4-5,10,12-14H2,(H,23,25);2*(H,6,7). The van der Waals surface area contributed by atoms with Gasteiger partial charge in [0, 0.05) is 42.4 Å². The lowest BCUT2D eigenvalue weighted by Gasteiger charge is -2.07. The highest BCUT2D eigenvalue weighted by Crippen LogP contribution is 2.41. The molecule has 1 amide bonds. The van der Waals surface area contributed by atoms with Crippen LogP contribution in [0, 0.1) is 5.92 Å². The number of rotatable bonds is 8. The second-order valence-electron chi connectivity index (χ2n) is 8.86. The van der Waals surface area contributed by atoms with E-state index in [9.17, 15) is 31.1 Å². The summed E-state index contributed by atoms with van der Waals surface area (Å²) in [6.07, 6.45) is -3.62. The van der Waals surface area contributed by atoms with Crippen LogP contribution in [0.4, 0.5) is 26.3 Å². The van der Waals surface area contributed by atoms with E-state index < -0.39 is 24.3 Å². The summed E-state index contributed by atoms with van der Waals surface area (Å²) in [6.45, 7) is 1.78. The minimum Gasteiger partial charge on any atom is -0.475 e. The smallest absolute Gasteiger partial charge is 0.475 e. The zero-order chi connectivity index (χ0) is 29.2. The number of aromatic nitrogens is 1. The Morgan fingerprint density at radius 3 is 1.92 bits per heavy atom. The van der Waals surface area contributed by atoms with Gasteiger partial charge in [-0.15, -0.1) is 0 Å². The maximum absolute atomic E-state index is 12.2. The van der Waals surface area contributed by atoms with Crippen molar-refractivity contribution in [1.29, 1.82) is 0 Å². The molecule has 2 aliphatic carbocycles. The van der Waals surface area contributed by atoms with Crippen LogP contribution in [-0.4, -0.2) is 64.5 Å². The van der Waals surface area contributed by atoms with Crippen molar-refractivity contribution >= 4 is 17.8 Å². The molecule has 0 spiro atoms. The summed E-state index contributed by atoms with van der Waals surface area (Å²) in [7, 11) is 0. The molecule has 0 aliphatic heterocycles. The van der Waals surface area contributed by atoms with Gasteiger partial charge in [-0.3, -0.25) is 9.78 Å². The molecule has 2 aliphatic rings. The van der Waals surface area contributed by atoms with Crippen LogP contribution in [-0.2, 0) is 16.0 Å². The van der Waals surface area contributed by atoms with Gasteiger partial charge in [0.2, 0.25) is 0 Å². The molecule has 2 unspecified atom stereocenters. The number of hydrogen-bond donors (Lipinski definition) is 4. The third-order valence-electron chi connectivity index (χ3n) is 5.63. The van der Waals surface area contributed by atoms with E-state index in [2.05, 4.69) is 27.8 Å². The predicted octanol–water partition coefficient (Wildman–Crippen LogP) is 4.18. The molecule has 214 valence electrons. The number of carboxylic acids is 2. The Labute approximate surface area is 219 Å². The minimum atomic E-state index is -5.08. The molecule has 1 aromatic carbocycles. The molecule has 1 aromatic heterocycles. The quantitative estimate of drug-likeness (QED) is 0.355. The summed E-state index contributed by atoms with van der Waals surface area (Å²) in [6, 6.07) is 14.6. The van der Waals surface area contributed by atoms with E-state index in [0.717, 1.165) is 23.6 Å². The number of carbonyl (C=O) groups excluding carboxylic acids is 1. The first kappa shape index (κ1) is 31.5. The molecule has 0 radical (unpaired) electrons. The van der Waals surface area contributed by atoms with Gasteiger partial charge in [-0.25, -0.2) is 9.59 Å². The van der Waals surface area contributed by atoms with E-state index in [1.54, 1.807) is 6.20 Å². The highest BCUT2D eigenvalue weighted by Gasteiger charge is 2.39. The number of alkyl halides is 6. The number of aliphatic carboxylic acids is 2. The van der Waals surface area contributed by atoms with E-state index in [-0.39, 0.29) is 5.91 Å². The van der Waals surface area contributed by atoms with Crippen molar-refractivity contribution < 1.29 is 50.9 Å². The van der Waals surface area contributed by atoms with Gasteiger partial charge < -0.3 is 20.8 Å². The Balaban J connectivity index is 0.000000317. The number of carbonyl (C=O) groups is 3. The summed E-state index contributed by atoms with van der Waals surface area (Å²) in [5.74, 6) is -3.97. The fraction of sp³-hybridized carbons (Fsp3) is 0.440. The fourth-order valence-electron chi connectivity index (χ4n) is 3.26.